The molecule has 1 aromatic rings. The predicted octanol–water partition coefficient (Wildman–Crippen LogP) is 1.59. The van der Waals surface area contributed by atoms with Crippen LogP contribution in [0.3, 0.4) is 0 Å². The lowest BCUT2D eigenvalue weighted by molar-refractivity contribution is 1.23. The van der Waals surface area contributed by atoms with Gasteiger partial charge in [-0.15, -0.1) is 0 Å². The normalized spacial score (nSPS) is 8.27. The van der Waals surface area contributed by atoms with Crippen molar-refractivity contribution in [2.24, 2.45) is 0 Å². The fourth-order valence-corrected chi connectivity index (χ4v) is 1.06. The van der Waals surface area contributed by atoms with Gasteiger partial charge in [-0.05, 0) is 22.0 Å². The van der Waals surface area contributed by atoms with E-state index in [4.69, 9.17) is 10.5 Å². The molecule has 0 aliphatic heterocycles. The molecule has 0 N–H and O–H groups in total. The van der Waals surface area contributed by atoms with Crippen molar-refractivity contribution >= 4 is 15.9 Å². The Labute approximate surface area is 72.0 Å². The van der Waals surface area contributed by atoms with Crippen molar-refractivity contribution in [1.29, 1.82) is 10.5 Å². The van der Waals surface area contributed by atoms with Crippen molar-refractivity contribution in [1.82, 2.24) is 4.98 Å². The molecular weight excluding hydrogens is 206 g/mol. The average Bonchev–Trinajstić information content (AvgIpc) is 2.04. The quantitative estimate of drug-likeness (QED) is 0.608. The molecule has 1 aromatic heterocycles. The first-order valence-electron chi connectivity index (χ1n) is 2.74. The number of rotatable bonds is 0. The summed E-state index contributed by atoms with van der Waals surface area (Å²) >= 11 is 3.06. The number of nitriles is 2. The number of pyridine rings is 1. The largest absolute Gasteiger partial charge is 0.248 e. The number of hydrogen-bond acceptors (Lipinski definition) is 3. The van der Waals surface area contributed by atoms with Crippen LogP contribution >= 0.6 is 15.9 Å². The number of aromatic nitrogens is 1. The topological polar surface area (TPSA) is 60.5 Å². The van der Waals surface area contributed by atoms with E-state index < -0.39 is 0 Å². The van der Waals surface area contributed by atoms with Gasteiger partial charge in [-0.25, -0.2) is 4.98 Å². The molecular formula is C7H2BrN3. The minimum Gasteiger partial charge on any atom is -0.248 e. The molecule has 52 valence electrons. The van der Waals surface area contributed by atoms with E-state index in [2.05, 4.69) is 20.9 Å². The van der Waals surface area contributed by atoms with Gasteiger partial charge in [0, 0.05) is 6.20 Å². The molecule has 0 bridgehead atoms. The average molecular weight is 208 g/mol. The second-order valence-corrected chi connectivity index (χ2v) is 2.50. The van der Waals surface area contributed by atoms with Gasteiger partial charge in [0.05, 0.1) is 5.56 Å². The highest BCUT2D eigenvalue weighted by molar-refractivity contribution is 9.10. The number of hydrogen-bond donors (Lipinski definition) is 0. The molecule has 4 heteroatoms. The Bertz CT molecular complexity index is 359. The Morgan fingerprint density at radius 1 is 1.36 bits per heavy atom. The molecule has 1 rings (SSSR count). The second-order valence-electron chi connectivity index (χ2n) is 1.75. The summed E-state index contributed by atoms with van der Waals surface area (Å²) in [7, 11) is 0. The van der Waals surface area contributed by atoms with E-state index in [9.17, 15) is 0 Å². The monoisotopic (exact) mass is 207 g/mol. The molecule has 0 amide bonds. The zero-order valence-corrected chi connectivity index (χ0v) is 6.96. The van der Waals surface area contributed by atoms with Crippen molar-refractivity contribution in [2.75, 3.05) is 0 Å². The van der Waals surface area contributed by atoms with Crippen LogP contribution in [0.25, 0.3) is 0 Å². The van der Waals surface area contributed by atoms with Crippen LogP contribution in [0.15, 0.2) is 16.9 Å². The summed E-state index contributed by atoms with van der Waals surface area (Å²) in [6.07, 6.45) is 1.48. The third-order valence-corrected chi connectivity index (χ3v) is 1.74. The minimum atomic E-state index is 0.287. The molecule has 0 unspecified atom stereocenters. The van der Waals surface area contributed by atoms with E-state index in [1.807, 2.05) is 12.1 Å². The summed E-state index contributed by atoms with van der Waals surface area (Å²) in [4.78, 5) is 3.80. The highest BCUT2D eigenvalue weighted by atomic mass is 79.9. The van der Waals surface area contributed by atoms with Gasteiger partial charge >= 0.3 is 0 Å². The van der Waals surface area contributed by atoms with E-state index in [0.29, 0.717) is 10.2 Å². The lowest BCUT2D eigenvalue weighted by atomic mass is 10.2. The van der Waals surface area contributed by atoms with E-state index in [1.165, 1.54) is 12.3 Å². The SMILES string of the molecule is N#Cc1ccnc(Br)c1C#N. The third kappa shape index (κ3) is 1.36. The number of nitrogens with zero attached hydrogens (tertiary/aromatic N) is 3. The van der Waals surface area contributed by atoms with E-state index >= 15 is 0 Å². The Balaban J connectivity index is 3.42. The molecule has 0 aliphatic rings. The lowest BCUT2D eigenvalue weighted by Gasteiger charge is -1.93. The first-order chi connectivity index (χ1) is 5.29. The maximum Gasteiger partial charge on any atom is 0.125 e. The summed E-state index contributed by atoms with van der Waals surface area (Å²) in [5, 5.41) is 17.1. The first kappa shape index (κ1) is 7.71. The fourth-order valence-electron chi connectivity index (χ4n) is 0.636. The molecule has 0 saturated heterocycles. The molecule has 3 nitrogen and oxygen atoms in total. The van der Waals surface area contributed by atoms with Crippen LogP contribution in [0.2, 0.25) is 0 Å². The van der Waals surface area contributed by atoms with Crippen molar-refractivity contribution in [3.05, 3.63) is 28.0 Å². The number of halogens is 1. The van der Waals surface area contributed by atoms with Crippen molar-refractivity contribution in [2.45, 2.75) is 0 Å². The zero-order chi connectivity index (χ0) is 8.27. The molecule has 0 radical (unpaired) electrons. The minimum absolute atomic E-state index is 0.287. The van der Waals surface area contributed by atoms with E-state index in [1.54, 1.807) is 0 Å². The zero-order valence-electron chi connectivity index (χ0n) is 5.37. The molecule has 0 spiro atoms. The first-order valence-corrected chi connectivity index (χ1v) is 3.53. The van der Waals surface area contributed by atoms with Gasteiger partial charge in [0.25, 0.3) is 0 Å². The van der Waals surface area contributed by atoms with Crippen LogP contribution in [0.1, 0.15) is 11.1 Å². The summed E-state index contributed by atoms with van der Waals surface area (Å²) in [5.41, 5.74) is 0.629. The Morgan fingerprint density at radius 3 is 2.55 bits per heavy atom. The smallest absolute Gasteiger partial charge is 0.125 e. The van der Waals surface area contributed by atoms with Crippen LogP contribution in [0, 0.1) is 22.7 Å². The van der Waals surface area contributed by atoms with Crippen LogP contribution in [-0.4, -0.2) is 4.98 Å². The Hall–Kier alpha value is -1.39. The van der Waals surface area contributed by atoms with Crippen LogP contribution in [-0.2, 0) is 0 Å². The van der Waals surface area contributed by atoms with Gasteiger partial charge in [-0.3, -0.25) is 0 Å². The fraction of sp³-hybridized carbons (Fsp3) is 0. The standard InChI is InChI=1S/C7H2BrN3/c8-7-6(4-10)5(3-9)1-2-11-7/h1-2H. The van der Waals surface area contributed by atoms with Crippen LogP contribution in [0.4, 0.5) is 0 Å². The second kappa shape index (κ2) is 3.14. The third-order valence-electron chi connectivity index (χ3n) is 1.14. The Kier molecular flexibility index (Phi) is 2.20. The van der Waals surface area contributed by atoms with Crippen LogP contribution < -0.4 is 0 Å². The molecule has 0 fully saturated rings. The van der Waals surface area contributed by atoms with Gasteiger partial charge < -0.3 is 0 Å². The van der Waals surface area contributed by atoms with Crippen molar-refractivity contribution in [3.63, 3.8) is 0 Å². The molecule has 1 heterocycles. The van der Waals surface area contributed by atoms with Crippen molar-refractivity contribution in [3.8, 4) is 12.1 Å². The highest BCUT2D eigenvalue weighted by Gasteiger charge is 2.04. The molecule has 0 saturated carbocycles. The van der Waals surface area contributed by atoms with Crippen LogP contribution in [0.5, 0.6) is 0 Å². The summed E-state index contributed by atoms with van der Waals surface area (Å²) < 4.78 is 0.416. The molecule has 11 heavy (non-hydrogen) atoms. The van der Waals surface area contributed by atoms with Gasteiger partial charge in [0.1, 0.15) is 22.3 Å². The van der Waals surface area contributed by atoms with Gasteiger partial charge in [0.2, 0.25) is 0 Å². The van der Waals surface area contributed by atoms with Gasteiger partial charge in [-0.1, -0.05) is 0 Å². The summed E-state index contributed by atoms with van der Waals surface area (Å²) in [5.74, 6) is 0. The molecule has 0 aromatic carbocycles. The molecule has 0 atom stereocenters. The maximum atomic E-state index is 8.56. The highest BCUT2D eigenvalue weighted by Crippen LogP contribution is 2.15. The predicted molar refractivity (Wildman–Crippen MR) is 41.4 cm³/mol. The Morgan fingerprint density at radius 2 is 2.09 bits per heavy atom. The van der Waals surface area contributed by atoms with E-state index in [0.717, 1.165) is 0 Å². The summed E-state index contributed by atoms with van der Waals surface area (Å²) in [6, 6.07) is 5.28. The lowest BCUT2D eigenvalue weighted by Crippen LogP contribution is -1.87. The van der Waals surface area contributed by atoms with Gasteiger partial charge in [0.15, 0.2) is 0 Å². The van der Waals surface area contributed by atoms with Crippen molar-refractivity contribution < 1.29 is 0 Å². The van der Waals surface area contributed by atoms with Gasteiger partial charge in [-0.2, -0.15) is 10.5 Å². The maximum absolute atomic E-state index is 8.56. The summed E-state index contributed by atoms with van der Waals surface area (Å²) in [6.45, 7) is 0. The molecule has 0 aliphatic carbocycles. The van der Waals surface area contributed by atoms with E-state index in [-0.39, 0.29) is 5.56 Å².